The lowest BCUT2D eigenvalue weighted by molar-refractivity contribution is 0.0423. The smallest absolute Gasteiger partial charge is 0.123 e. The number of benzene rings is 1. The first-order chi connectivity index (χ1) is 9.72. The second-order valence-electron chi connectivity index (χ2n) is 5.17. The standard InChI is InChI=1S/C16H20FNO2/c1-19-16-8-5-13(17)11-12(16)3-2-4-14-6-7-15(20-14)9-10-18/h5,8,11,14-15H,2-4,6-7,9H2,1H3/t14-,15-/m0/s1. The van der Waals surface area contributed by atoms with Gasteiger partial charge in [-0.3, -0.25) is 0 Å². The van der Waals surface area contributed by atoms with Crippen molar-refractivity contribution in [2.24, 2.45) is 0 Å². The molecule has 1 aliphatic heterocycles. The number of aryl methyl sites for hydroxylation is 1. The van der Waals surface area contributed by atoms with Crippen LogP contribution in [0.1, 0.15) is 37.7 Å². The molecule has 0 saturated carbocycles. The number of nitriles is 1. The van der Waals surface area contributed by atoms with Gasteiger partial charge in [-0.1, -0.05) is 0 Å². The van der Waals surface area contributed by atoms with Gasteiger partial charge in [0, 0.05) is 0 Å². The third-order valence-corrected chi connectivity index (χ3v) is 3.73. The summed E-state index contributed by atoms with van der Waals surface area (Å²) >= 11 is 0. The molecule has 1 aliphatic rings. The summed E-state index contributed by atoms with van der Waals surface area (Å²) in [6, 6.07) is 6.76. The van der Waals surface area contributed by atoms with E-state index in [0.717, 1.165) is 43.4 Å². The zero-order valence-electron chi connectivity index (χ0n) is 11.8. The maximum Gasteiger partial charge on any atom is 0.123 e. The van der Waals surface area contributed by atoms with E-state index in [1.807, 2.05) is 0 Å². The molecule has 0 amide bonds. The molecule has 1 heterocycles. The highest BCUT2D eigenvalue weighted by Gasteiger charge is 2.24. The second kappa shape index (κ2) is 7.25. The van der Waals surface area contributed by atoms with Crippen molar-refractivity contribution < 1.29 is 13.9 Å². The number of methoxy groups -OCH3 is 1. The number of nitrogens with zero attached hydrogens (tertiary/aromatic N) is 1. The molecular formula is C16H20FNO2. The monoisotopic (exact) mass is 277 g/mol. The average molecular weight is 277 g/mol. The first-order valence-electron chi connectivity index (χ1n) is 7.07. The van der Waals surface area contributed by atoms with Crippen LogP contribution in [-0.4, -0.2) is 19.3 Å². The molecule has 2 atom stereocenters. The van der Waals surface area contributed by atoms with Crippen LogP contribution in [0.4, 0.5) is 4.39 Å². The van der Waals surface area contributed by atoms with E-state index in [1.165, 1.54) is 12.1 Å². The molecule has 0 N–H and O–H groups in total. The van der Waals surface area contributed by atoms with E-state index in [1.54, 1.807) is 13.2 Å². The Morgan fingerprint density at radius 1 is 1.40 bits per heavy atom. The molecule has 0 spiro atoms. The lowest BCUT2D eigenvalue weighted by atomic mass is 10.0. The lowest BCUT2D eigenvalue weighted by Gasteiger charge is -2.12. The van der Waals surface area contributed by atoms with Gasteiger partial charge in [-0.15, -0.1) is 0 Å². The minimum Gasteiger partial charge on any atom is -0.496 e. The van der Waals surface area contributed by atoms with Gasteiger partial charge in [0.15, 0.2) is 0 Å². The molecule has 2 rings (SSSR count). The van der Waals surface area contributed by atoms with E-state index < -0.39 is 0 Å². The average Bonchev–Trinajstić information content (AvgIpc) is 2.87. The lowest BCUT2D eigenvalue weighted by Crippen LogP contribution is -2.10. The largest absolute Gasteiger partial charge is 0.496 e. The molecule has 20 heavy (non-hydrogen) atoms. The minimum absolute atomic E-state index is 0.105. The van der Waals surface area contributed by atoms with E-state index in [9.17, 15) is 4.39 Å². The molecule has 0 bridgehead atoms. The van der Waals surface area contributed by atoms with Crippen LogP contribution in [0, 0.1) is 17.1 Å². The Hall–Kier alpha value is -1.60. The Balaban J connectivity index is 1.79. The van der Waals surface area contributed by atoms with E-state index in [-0.39, 0.29) is 18.0 Å². The molecule has 1 fully saturated rings. The van der Waals surface area contributed by atoms with Crippen LogP contribution in [0.15, 0.2) is 18.2 Å². The van der Waals surface area contributed by atoms with E-state index in [2.05, 4.69) is 6.07 Å². The van der Waals surface area contributed by atoms with Crippen molar-refractivity contribution in [3.05, 3.63) is 29.6 Å². The predicted molar refractivity (Wildman–Crippen MR) is 74.0 cm³/mol. The van der Waals surface area contributed by atoms with Crippen molar-refractivity contribution in [3.8, 4) is 11.8 Å². The fourth-order valence-electron chi connectivity index (χ4n) is 2.71. The Bertz CT molecular complexity index is 484. The summed E-state index contributed by atoms with van der Waals surface area (Å²) < 4.78 is 24.3. The second-order valence-corrected chi connectivity index (χ2v) is 5.17. The first-order valence-corrected chi connectivity index (χ1v) is 7.07. The third-order valence-electron chi connectivity index (χ3n) is 3.73. The van der Waals surface area contributed by atoms with Gasteiger partial charge in [0.1, 0.15) is 11.6 Å². The highest BCUT2D eigenvalue weighted by molar-refractivity contribution is 5.33. The molecule has 1 aromatic rings. The van der Waals surface area contributed by atoms with Crippen molar-refractivity contribution >= 4 is 0 Å². The summed E-state index contributed by atoms with van der Waals surface area (Å²) in [5, 5.41) is 8.64. The summed E-state index contributed by atoms with van der Waals surface area (Å²) in [4.78, 5) is 0. The number of rotatable bonds is 6. The normalized spacial score (nSPS) is 21.6. The predicted octanol–water partition coefficient (Wildman–Crippen LogP) is 3.62. The summed E-state index contributed by atoms with van der Waals surface area (Å²) in [5.74, 6) is 0.507. The molecule has 0 aliphatic carbocycles. The van der Waals surface area contributed by atoms with Crippen LogP contribution in [-0.2, 0) is 11.2 Å². The van der Waals surface area contributed by atoms with Crippen LogP contribution in [0.2, 0.25) is 0 Å². The summed E-state index contributed by atoms with van der Waals surface area (Å²) in [7, 11) is 1.60. The minimum atomic E-state index is -0.230. The van der Waals surface area contributed by atoms with E-state index in [4.69, 9.17) is 14.7 Å². The number of ether oxygens (including phenoxy) is 2. The molecule has 108 valence electrons. The quantitative estimate of drug-likeness (QED) is 0.797. The third kappa shape index (κ3) is 3.94. The zero-order valence-corrected chi connectivity index (χ0v) is 11.8. The molecule has 0 unspecified atom stereocenters. The fourth-order valence-corrected chi connectivity index (χ4v) is 2.71. The zero-order chi connectivity index (χ0) is 14.4. The maximum atomic E-state index is 13.2. The van der Waals surface area contributed by atoms with Gasteiger partial charge in [0.05, 0.1) is 31.8 Å². The highest BCUT2D eigenvalue weighted by Crippen LogP contribution is 2.27. The van der Waals surface area contributed by atoms with Gasteiger partial charge >= 0.3 is 0 Å². The van der Waals surface area contributed by atoms with Crippen molar-refractivity contribution in [2.45, 2.75) is 50.7 Å². The highest BCUT2D eigenvalue weighted by atomic mass is 19.1. The van der Waals surface area contributed by atoms with Gasteiger partial charge in [-0.25, -0.2) is 4.39 Å². The Morgan fingerprint density at radius 3 is 2.95 bits per heavy atom. The van der Waals surface area contributed by atoms with Crippen LogP contribution >= 0.6 is 0 Å². The molecule has 0 radical (unpaired) electrons. The van der Waals surface area contributed by atoms with Gasteiger partial charge in [0.2, 0.25) is 0 Å². The Morgan fingerprint density at radius 2 is 2.20 bits per heavy atom. The molecule has 4 heteroatoms. The van der Waals surface area contributed by atoms with Crippen molar-refractivity contribution in [3.63, 3.8) is 0 Å². The van der Waals surface area contributed by atoms with Crippen LogP contribution in [0.3, 0.4) is 0 Å². The first kappa shape index (κ1) is 14.8. The molecule has 0 aromatic heterocycles. The van der Waals surface area contributed by atoms with Gasteiger partial charge in [-0.2, -0.15) is 5.26 Å². The van der Waals surface area contributed by atoms with E-state index >= 15 is 0 Å². The summed E-state index contributed by atoms with van der Waals surface area (Å²) in [5.41, 5.74) is 0.902. The summed E-state index contributed by atoms with van der Waals surface area (Å²) in [6.07, 6.45) is 5.49. The number of halogens is 1. The van der Waals surface area contributed by atoms with E-state index in [0.29, 0.717) is 6.42 Å². The summed E-state index contributed by atoms with van der Waals surface area (Å²) in [6.45, 7) is 0. The SMILES string of the molecule is COc1ccc(F)cc1CCC[C@H]1CC[C@@H](CC#N)O1. The van der Waals surface area contributed by atoms with Crippen LogP contribution < -0.4 is 4.74 Å². The topological polar surface area (TPSA) is 42.2 Å². The fraction of sp³-hybridized carbons (Fsp3) is 0.562. The molecule has 1 saturated heterocycles. The van der Waals surface area contributed by atoms with Gasteiger partial charge in [0.25, 0.3) is 0 Å². The van der Waals surface area contributed by atoms with Crippen molar-refractivity contribution in [1.29, 1.82) is 5.26 Å². The van der Waals surface area contributed by atoms with Gasteiger partial charge in [-0.05, 0) is 55.9 Å². The molecular weight excluding hydrogens is 257 g/mol. The Labute approximate surface area is 119 Å². The van der Waals surface area contributed by atoms with Crippen molar-refractivity contribution in [2.75, 3.05) is 7.11 Å². The maximum absolute atomic E-state index is 13.2. The van der Waals surface area contributed by atoms with Crippen LogP contribution in [0.5, 0.6) is 5.75 Å². The molecule has 3 nitrogen and oxygen atoms in total. The van der Waals surface area contributed by atoms with Gasteiger partial charge < -0.3 is 9.47 Å². The number of hydrogen-bond acceptors (Lipinski definition) is 3. The molecule has 1 aromatic carbocycles. The van der Waals surface area contributed by atoms with Crippen molar-refractivity contribution in [1.82, 2.24) is 0 Å². The van der Waals surface area contributed by atoms with Crippen LogP contribution in [0.25, 0.3) is 0 Å². The number of hydrogen-bond donors (Lipinski definition) is 0. The Kier molecular flexibility index (Phi) is 5.37.